The number of cyclic esters (lactones) is 1. The van der Waals surface area contributed by atoms with Crippen molar-refractivity contribution >= 4 is 35.5 Å². The molecular formula is C19H16N2O6. The van der Waals surface area contributed by atoms with Crippen molar-refractivity contribution < 1.29 is 28.3 Å². The van der Waals surface area contributed by atoms with Crippen LogP contribution in [-0.2, 0) is 19.1 Å². The standard InChI is InChI=1S/C19H16N2O6/c1-10-15(18(23)25-3)8-14(26-10)9-16-19(24)27-17(21-16)12-4-6-13(7-5-12)20-11(2)22/h4-9H,1-3H3,(H,20,22). The van der Waals surface area contributed by atoms with Crippen LogP contribution in [0.25, 0.3) is 6.08 Å². The van der Waals surface area contributed by atoms with Crippen molar-refractivity contribution in [1.82, 2.24) is 0 Å². The number of anilines is 1. The quantitative estimate of drug-likeness (QED) is 0.657. The van der Waals surface area contributed by atoms with Gasteiger partial charge in [-0.05, 0) is 37.3 Å². The molecule has 0 fully saturated rings. The summed E-state index contributed by atoms with van der Waals surface area (Å²) >= 11 is 0. The smallest absolute Gasteiger partial charge is 0.363 e. The van der Waals surface area contributed by atoms with Gasteiger partial charge in [0.25, 0.3) is 0 Å². The Labute approximate surface area is 154 Å². The number of rotatable bonds is 4. The first-order valence-electron chi connectivity index (χ1n) is 7.96. The monoisotopic (exact) mass is 368 g/mol. The SMILES string of the molecule is COC(=O)c1cc(C=C2N=C(c3ccc(NC(C)=O)cc3)OC2=O)oc1C. The number of ether oxygens (including phenoxy) is 2. The van der Waals surface area contributed by atoms with E-state index in [1.165, 1.54) is 26.2 Å². The Kier molecular flexibility index (Phi) is 4.89. The predicted octanol–water partition coefficient (Wildman–Crippen LogP) is 2.68. The van der Waals surface area contributed by atoms with Gasteiger partial charge in [-0.3, -0.25) is 4.79 Å². The number of benzene rings is 1. The highest BCUT2D eigenvalue weighted by molar-refractivity contribution is 6.13. The molecule has 2 heterocycles. The molecule has 1 aromatic heterocycles. The molecule has 0 atom stereocenters. The van der Waals surface area contributed by atoms with Crippen LogP contribution in [-0.4, -0.2) is 30.9 Å². The Bertz CT molecular complexity index is 982. The molecule has 1 amide bonds. The molecular weight excluding hydrogens is 352 g/mol. The maximum Gasteiger partial charge on any atom is 0.363 e. The van der Waals surface area contributed by atoms with E-state index in [1.54, 1.807) is 31.2 Å². The minimum absolute atomic E-state index is 0.0427. The van der Waals surface area contributed by atoms with Crippen LogP contribution >= 0.6 is 0 Å². The lowest BCUT2D eigenvalue weighted by atomic mass is 10.2. The van der Waals surface area contributed by atoms with E-state index in [-0.39, 0.29) is 28.8 Å². The maximum atomic E-state index is 12.1. The summed E-state index contributed by atoms with van der Waals surface area (Å²) in [5, 5.41) is 2.65. The van der Waals surface area contributed by atoms with Gasteiger partial charge in [-0.25, -0.2) is 14.6 Å². The highest BCUT2D eigenvalue weighted by Crippen LogP contribution is 2.23. The van der Waals surface area contributed by atoms with Crippen molar-refractivity contribution in [3.63, 3.8) is 0 Å². The van der Waals surface area contributed by atoms with E-state index in [9.17, 15) is 14.4 Å². The number of nitrogens with zero attached hydrogens (tertiary/aromatic N) is 1. The van der Waals surface area contributed by atoms with E-state index in [1.807, 2.05) is 0 Å². The summed E-state index contributed by atoms with van der Waals surface area (Å²) in [6, 6.07) is 8.16. The first kappa shape index (κ1) is 18.1. The fourth-order valence-electron chi connectivity index (χ4n) is 2.46. The van der Waals surface area contributed by atoms with Crippen molar-refractivity contribution in [2.75, 3.05) is 12.4 Å². The first-order chi connectivity index (χ1) is 12.9. The van der Waals surface area contributed by atoms with Crippen LogP contribution in [0.1, 0.15) is 34.4 Å². The largest absolute Gasteiger partial charge is 0.465 e. The third-order valence-corrected chi connectivity index (χ3v) is 3.69. The van der Waals surface area contributed by atoms with Gasteiger partial charge in [0.05, 0.1) is 7.11 Å². The van der Waals surface area contributed by atoms with E-state index in [2.05, 4.69) is 15.0 Å². The minimum atomic E-state index is -0.635. The molecule has 1 N–H and O–H groups in total. The molecule has 8 nitrogen and oxygen atoms in total. The van der Waals surface area contributed by atoms with Gasteiger partial charge >= 0.3 is 11.9 Å². The summed E-state index contributed by atoms with van der Waals surface area (Å²) in [6.07, 6.45) is 1.39. The summed E-state index contributed by atoms with van der Waals surface area (Å²) in [6.45, 7) is 3.03. The molecule has 0 bridgehead atoms. The number of nitrogens with one attached hydrogen (secondary N) is 1. The fourth-order valence-corrected chi connectivity index (χ4v) is 2.46. The molecule has 0 saturated heterocycles. The molecule has 0 aliphatic carbocycles. The molecule has 1 aliphatic heterocycles. The minimum Gasteiger partial charge on any atom is -0.465 e. The molecule has 27 heavy (non-hydrogen) atoms. The summed E-state index contributed by atoms with van der Waals surface area (Å²) in [5.74, 6) is -0.554. The van der Waals surface area contributed by atoms with Crippen molar-refractivity contribution in [3.05, 3.63) is 58.7 Å². The third kappa shape index (κ3) is 3.95. The molecule has 0 radical (unpaired) electrons. The van der Waals surface area contributed by atoms with Crippen molar-refractivity contribution in [2.24, 2.45) is 4.99 Å². The third-order valence-electron chi connectivity index (χ3n) is 3.69. The van der Waals surface area contributed by atoms with Gasteiger partial charge in [-0.2, -0.15) is 0 Å². The van der Waals surface area contributed by atoms with Crippen LogP contribution in [0.5, 0.6) is 0 Å². The Morgan fingerprint density at radius 2 is 1.93 bits per heavy atom. The molecule has 138 valence electrons. The Morgan fingerprint density at radius 3 is 2.56 bits per heavy atom. The van der Waals surface area contributed by atoms with Crippen molar-refractivity contribution in [2.45, 2.75) is 13.8 Å². The van der Waals surface area contributed by atoms with Gasteiger partial charge in [0.2, 0.25) is 11.8 Å². The summed E-state index contributed by atoms with van der Waals surface area (Å²) in [4.78, 5) is 38.9. The normalized spacial score (nSPS) is 14.7. The second-order valence-corrected chi connectivity index (χ2v) is 5.70. The van der Waals surface area contributed by atoms with Crippen LogP contribution in [0, 0.1) is 6.92 Å². The lowest BCUT2D eigenvalue weighted by Crippen LogP contribution is -2.07. The van der Waals surface area contributed by atoms with Crippen LogP contribution in [0.2, 0.25) is 0 Å². The van der Waals surface area contributed by atoms with Gasteiger partial charge < -0.3 is 19.2 Å². The van der Waals surface area contributed by atoms with Crippen LogP contribution in [0.15, 0.2) is 45.4 Å². The number of hydrogen-bond donors (Lipinski definition) is 1. The topological polar surface area (TPSA) is 107 Å². The maximum absolute atomic E-state index is 12.1. The van der Waals surface area contributed by atoms with Crippen molar-refractivity contribution in [3.8, 4) is 0 Å². The average Bonchev–Trinajstić information content (AvgIpc) is 3.17. The Balaban J connectivity index is 1.85. The zero-order valence-electron chi connectivity index (χ0n) is 14.9. The van der Waals surface area contributed by atoms with E-state index in [0.717, 1.165) is 0 Å². The second kappa shape index (κ2) is 7.28. The van der Waals surface area contributed by atoms with Crippen LogP contribution in [0.3, 0.4) is 0 Å². The molecule has 3 rings (SSSR count). The van der Waals surface area contributed by atoms with Crippen LogP contribution < -0.4 is 5.32 Å². The van der Waals surface area contributed by atoms with E-state index in [4.69, 9.17) is 9.15 Å². The average molecular weight is 368 g/mol. The zero-order valence-corrected chi connectivity index (χ0v) is 14.9. The van der Waals surface area contributed by atoms with Crippen LogP contribution in [0.4, 0.5) is 5.69 Å². The van der Waals surface area contributed by atoms with Gasteiger partial charge in [0.15, 0.2) is 5.70 Å². The molecule has 0 saturated carbocycles. The zero-order chi connectivity index (χ0) is 19.6. The summed E-state index contributed by atoms with van der Waals surface area (Å²) in [5.41, 5.74) is 1.51. The summed E-state index contributed by atoms with van der Waals surface area (Å²) < 4.78 is 15.3. The Hall–Kier alpha value is -3.68. The number of esters is 2. The number of carbonyl (C=O) groups is 3. The van der Waals surface area contributed by atoms with Crippen molar-refractivity contribution in [1.29, 1.82) is 0 Å². The number of carbonyl (C=O) groups excluding carboxylic acids is 3. The second-order valence-electron chi connectivity index (χ2n) is 5.70. The highest BCUT2D eigenvalue weighted by Gasteiger charge is 2.25. The molecule has 0 spiro atoms. The number of furan rings is 1. The predicted molar refractivity (Wildman–Crippen MR) is 96.1 cm³/mol. The molecule has 0 unspecified atom stereocenters. The first-order valence-corrected chi connectivity index (χ1v) is 7.96. The highest BCUT2D eigenvalue weighted by atomic mass is 16.6. The number of aliphatic imine (C=N–C) groups is 1. The molecule has 1 aliphatic rings. The van der Waals surface area contributed by atoms with Gasteiger partial charge in [0.1, 0.15) is 17.1 Å². The van der Waals surface area contributed by atoms with Gasteiger partial charge in [0, 0.05) is 24.3 Å². The van der Waals surface area contributed by atoms with Gasteiger partial charge in [-0.15, -0.1) is 0 Å². The number of methoxy groups -OCH3 is 1. The fraction of sp³-hybridized carbons (Fsp3) is 0.158. The van der Waals surface area contributed by atoms with E-state index in [0.29, 0.717) is 17.0 Å². The number of aryl methyl sites for hydroxylation is 1. The van der Waals surface area contributed by atoms with E-state index >= 15 is 0 Å². The number of hydrogen-bond acceptors (Lipinski definition) is 7. The molecule has 1 aromatic carbocycles. The molecule has 2 aromatic rings. The Morgan fingerprint density at radius 1 is 1.22 bits per heavy atom. The van der Waals surface area contributed by atoms with E-state index < -0.39 is 11.9 Å². The van der Waals surface area contributed by atoms with Gasteiger partial charge in [-0.1, -0.05) is 0 Å². The number of amides is 1. The lowest BCUT2D eigenvalue weighted by Gasteiger charge is -2.03. The molecule has 8 heteroatoms. The lowest BCUT2D eigenvalue weighted by molar-refractivity contribution is -0.130. The summed E-state index contributed by atoms with van der Waals surface area (Å²) in [7, 11) is 1.27.